The second kappa shape index (κ2) is 5.79. The van der Waals surface area contributed by atoms with Crippen molar-refractivity contribution in [2.75, 3.05) is 5.73 Å². The lowest BCUT2D eigenvalue weighted by atomic mass is 10.1. The molecule has 0 amide bonds. The molecule has 2 N–H and O–H groups in total. The first-order valence-electron chi connectivity index (χ1n) is 6.63. The fourth-order valence-corrected chi connectivity index (χ4v) is 3.97. The van der Waals surface area contributed by atoms with Crippen LogP contribution in [0.3, 0.4) is 0 Å². The maximum absolute atomic E-state index is 5.97. The molecule has 0 saturated heterocycles. The predicted octanol–water partition coefficient (Wildman–Crippen LogP) is 3.02. The first kappa shape index (κ1) is 14.0. The lowest BCUT2D eigenvalue weighted by Gasteiger charge is -1.93. The SMILES string of the molecule is C=C(C=c1sc2c(N)ncnc2c1=CCC)c1ccsc1. The van der Waals surface area contributed by atoms with Crippen molar-refractivity contribution in [3.05, 3.63) is 45.0 Å². The number of aromatic nitrogens is 2. The number of anilines is 1. The van der Waals surface area contributed by atoms with Crippen molar-refractivity contribution in [2.45, 2.75) is 13.3 Å². The van der Waals surface area contributed by atoms with Crippen molar-refractivity contribution < 1.29 is 0 Å². The molecule has 0 radical (unpaired) electrons. The minimum Gasteiger partial charge on any atom is -0.382 e. The summed E-state index contributed by atoms with van der Waals surface area (Å²) in [6.45, 7) is 6.28. The van der Waals surface area contributed by atoms with Gasteiger partial charge in [0.05, 0.1) is 10.2 Å². The Kier molecular flexibility index (Phi) is 3.86. The summed E-state index contributed by atoms with van der Waals surface area (Å²) in [6.07, 6.45) is 6.75. The molecule has 0 saturated carbocycles. The monoisotopic (exact) mass is 313 g/mol. The van der Waals surface area contributed by atoms with Gasteiger partial charge >= 0.3 is 0 Å². The van der Waals surface area contributed by atoms with E-state index in [1.165, 1.54) is 6.33 Å². The number of thiophene rings is 2. The Labute approximate surface area is 130 Å². The molecule has 0 aromatic carbocycles. The van der Waals surface area contributed by atoms with Crippen LogP contribution in [-0.2, 0) is 0 Å². The summed E-state index contributed by atoms with van der Waals surface area (Å²) in [5.41, 5.74) is 9.05. The fourth-order valence-electron chi connectivity index (χ4n) is 2.16. The van der Waals surface area contributed by atoms with Crippen LogP contribution in [0.5, 0.6) is 0 Å². The average Bonchev–Trinajstić information content (AvgIpc) is 3.10. The summed E-state index contributed by atoms with van der Waals surface area (Å²) < 4.78 is 2.08. The molecule has 0 unspecified atom stereocenters. The van der Waals surface area contributed by atoms with Gasteiger partial charge in [0.15, 0.2) is 0 Å². The van der Waals surface area contributed by atoms with E-state index < -0.39 is 0 Å². The van der Waals surface area contributed by atoms with Crippen molar-refractivity contribution in [1.29, 1.82) is 0 Å². The van der Waals surface area contributed by atoms with Crippen LogP contribution in [0.15, 0.2) is 29.7 Å². The van der Waals surface area contributed by atoms with Crippen molar-refractivity contribution >= 4 is 56.4 Å². The van der Waals surface area contributed by atoms with E-state index in [-0.39, 0.29) is 0 Å². The minimum atomic E-state index is 0.538. The molecule has 0 aliphatic carbocycles. The second-order valence-electron chi connectivity index (χ2n) is 4.61. The van der Waals surface area contributed by atoms with Crippen LogP contribution in [0.2, 0.25) is 0 Å². The van der Waals surface area contributed by atoms with E-state index in [2.05, 4.69) is 52.4 Å². The number of nitrogens with zero attached hydrogens (tertiary/aromatic N) is 2. The van der Waals surface area contributed by atoms with Gasteiger partial charge in [0.25, 0.3) is 0 Å². The quantitative estimate of drug-likeness (QED) is 0.808. The Hall–Kier alpha value is -1.98. The number of fused-ring (bicyclic) bond motifs is 1. The van der Waals surface area contributed by atoms with Gasteiger partial charge in [-0.2, -0.15) is 11.3 Å². The van der Waals surface area contributed by atoms with Gasteiger partial charge < -0.3 is 5.73 Å². The first-order chi connectivity index (χ1) is 10.2. The zero-order valence-corrected chi connectivity index (χ0v) is 13.3. The third kappa shape index (κ3) is 2.62. The van der Waals surface area contributed by atoms with Crippen LogP contribution < -0.4 is 15.5 Å². The molecule has 5 heteroatoms. The molecule has 0 spiro atoms. The van der Waals surface area contributed by atoms with Crippen LogP contribution in [0.1, 0.15) is 18.9 Å². The third-order valence-electron chi connectivity index (χ3n) is 3.17. The number of nitrogens with two attached hydrogens (primary N) is 1. The summed E-state index contributed by atoms with van der Waals surface area (Å²) >= 11 is 3.29. The molecule has 3 aromatic heterocycles. The standard InChI is InChI=1S/C16H15N3S2/c1-3-4-12-13(7-10(2)11-5-6-20-8-11)21-15-14(12)18-9-19-16(15)17/h4-9H,2-3H2,1H3,(H2,17,18,19). The number of allylic oxidation sites excluding steroid dienone is 1. The minimum absolute atomic E-state index is 0.538. The summed E-state index contributed by atoms with van der Waals surface area (Å²) in [5, 5.41) is 5.29. The van der Waals surface area contributed by atoms with Crippen LogP contribution in [0.25, 0.3) is 27.9 Å². The highest BCUT2D eigenvalue weighted by molar-refractivity contribution is 7.17. The zero-order chi connectivity index (χ0) is 14.8. The Bertz CT molecular complexity index is 905. The van der Waals surface area contributed by atoms with Gasteiger partial charge in [-0.3, -0.25) is 0 Å². The van der Waals surface area contributed by atoms with Gasteiger partial charge in [-0.05, 0) is 40.5 Å². The van der Waals surface area contributed by atoms with Crippen LogP contribution in [0, 0.1) is 0 Å². The third-order valence-corrected chi connectivity index (χ3v) is 5.02. The molecule has 3 aromatic rings. The van der Waals surface area contributed by atoms with E-state index in [1.54, 1.807) is 22.7 Å². The van der Waals surface area contributed by atoms with Crippen molar-refractivity contribution in [3.63, 3.8) is 0 Å². The first-order valence-corrected chi connectivity index (χ1v) is 8.39. The van der Waals surface area contributed by atoms with Crippen LogP contribution in [0.4, 0.5) is 5.82 Å². The number of rotatable bonds is 3. The summed E-state index contributed by atoms with van der Waals surface area (Å²) in [7, 11) is 0. The lowest BCUT2D eigenvalue weighted by molar-refractivity contribution is 1.23. The Morgan fingerprint density at radius 3 is 3.00 bits per heavy atom. The molecule has 0 bridgehead atoms. The van der Waals surface area contributed by atoms with Gasteiger partial charge in [-0.25, -0.2) is 9.97 Å². The van der Waals surface area contributed by atoms with E-state index in [1.807, 2.05) is 0 Å². The second-order valence-corrected chi connectivity index (χ2v) is 6.44. The molecular formula is C16H15N3S2. The van der Waals surface area contributed by atoms with E-state index in [0.717, 1.165) is 37.5 Å². The maximum atomic E-state index is 5.97. The number of hydrogen-bond acceptors (Lipinski definition) is 5. The molecule has 3 nitrogen and oxygen atoms in total. The zero-order valence-electron chi connectivity index (χ0n) is 11.7. The molecule has 3 rings (SSSR count). The molecule has 21 heavy (non-hydrogen) atoms. The lowest BCUT2D eigenvalue weighted by Crippen LogP contribution is -2.19. The van der Waals surface area contributed by atoms with Gasteiger partial charge in [0.1, 0.15) is 12.1 Å². The van der Waals surface area contributed by atoms with Crippen LogP contribution in [-0.4, -0.2) is 9.97 Å². The Morgan fingerprint density at radius 2 is 2.29 bits per heavy atom. The average molecular weight is 313 g/mol. The van der Waals surface area contributed by atoms with Gasteiger partial charge in [-0.15, -0.1) is 11.3 Å². The predicted molar refractivity (Wildman–Crippen MR) is 93.7 cm³/mol. The highest BCUT2D eigenvalue weighted by Crippen LogP contribution is 2.19. The molecular weight excluding hydrogens is 298 g/mol. The van der Waals surface area contributed by atoms with Crippen LogP contribution >= 0.6 is 22.7 Å². The van der Waals surface area contributed by atoms with E-state index in [9.17, 15) is 0 Å². The van der Waals surface area contributed by atoms with Gasteiger partial charge in [0.2, 0.25) is 0 Å². The Balaban J connectivity index is 2.28. The fraction of sp³-hybridized carbons (Fsp3) is 0.125. The Morgan fingerprint density at radius 1 is 1.43 bits per heavy atom. The number of hydrogen-bond donors (Lipinski definition) is 1. The normalized spacial score (nSPS) is 13.2. The summed E-state index contributed by atoms with van der Waals surface area (Å²) in [4.78, 5) is 8.47. The molecule has 106 valence electrons. The summed E-state index contributed by atoms with van der Waals surface area (Å²) in [6, 6.07) is 2.08. The highest BCUT2D eigenvalue weighted by Gasteiger charge is 2.07. The maximum Gasteiger partial charge on any atom is 0.144 e. The van der Waals surface area contributed by atoms with Crippen molar-refractivity contribution in [1.82, 2.24) is 9.97 Å². The van der Waals surface area contributed by atoms with Crippen molar-refractivity contribution in [3.8, 4) is 0 Å². The van der Waals surface area contributed by atoms with Gasteiger partial charge in [-0.1, -0.05) is 19.6 Å². The van der Waals surface area contributed by atoms with E-state index >= 15 is 0 Å². The summed E-state index contributed by atoms with van der Waals surface area (Å²) in [5.74, 6) is 0.538. The largest absolute Gasteiger partial charge is 0.382 e. The molecule has 0 aliphatic heterocycles. The topological polar surface area (TPSA) is 51.8 Å². The van der Waals surface area contributed by atoms with E-state index in [0.29, 0.717) is 5.82 Å². The van der Waals surface area contributed by atoms with Gasteiger partial charge in [0, 0.05) is 9.75 Å². The molecule has 0 aliphatic rings. The molecule has 0 atom stereocenters. The molecule has 3 heterocycles. The molecule has 0 fully saturated rings. The van der Waals surface area contributed by atoms with Crippen molar-refractivity contribution in [2.24, 2.45) is 0 Å². The highest BCUT2D eigenvalue weighted by atomic mass is 32.1. The smallest absolute Gasteiger partial charge is 0.144 e. The number of nitrogen functional groups attached to an aromatic ring is 1. The van der Waals surface area contributed by atoms with E-state index in [4.69, 9.17) is 5.73 Å².